The van der Waals surface area contributed by atoms with Gasteiger partial charge in [0.2, 0.25) is 0 Å². The molecule has 2 rings (SSSR count). The molecule has 0 amide bonds. The summed E-state index contributed by atoms with van der Waals surface area (Å²) in [5.74, 6) is 0.885. The van der Waals surface area contributed by atoms with Crippen molar-refractivity contribution in [2.75, 3.05) is 0 Å². The van der Waals surface area contributed by atoms with Crippen LogP contribution in [-0.4, -0.2) is 6.04 Å². The van der Waals surface area contributed by atoms with E-state index >= 15 is 0 Å². The van der Waals surface area contributed by atoms with Gasteiger partial charge in [-0.1, -0.05) is 47.3 Å². The first-order chi connectivity index (χ1) is 8.25. The maximum Gasteiger partial charge on any atom is 0.0208 e. The molecule has 94 valence electrons. The second kappa shape index (κ2) is 6.55. The van der Waals surface area contributed by atoms with Crippen molar-refractivity contribution in [3.63, 3.8) is 0 Å². The van der Waals surface area contributed by atoms with Crippen LogP contribution in [0.3, 0.4) is 0 Å². The number of halogens is 1. The number of hydrogen-bond donors (Lipinski definition) is 1. The fraction of sp³-hybridized carbons (Fsp3) is 0.600. The Morgan fingerprint density at radius 2 is 2.06 bits per heavy atom. The van der Waals surface area contributed by atoms with Gasteiger partial charge in [-0.05, 0) is 43.4 Å². The van der Waals surface area contributed by atoms with Gasteiger partial charge in [-0.2, -0.15) is 0 Å². The van der Waals surface area contributed by atoms with Crippen LogP contribution in [-0.2, 0) is 6.54 Å². The molecular formula is C15H22BrN. The minimum Gasteiger partial charge on any atom is -0.310 e. The molecule has 1 atom stereocenters. The van der Waals surface area contributed by atoms with Crippen molar-refractivity contribution >= 4 is 15.9 Å². The summed E-state index contributed by atoms with van der Waals surface area (Å²) in [4.78, 5) is 0. The van der Waals surface area contributed by atoms with Crippen molar-refractivity contribution in [3.8, 4) is 0 Å². The Kier molecular flexibility index (Phi) is 5.05. The third-order valence-corrected chi connectivity index (χ3v) is 4.37. The van der Waals surface area contributed by atoms with E-state index in [0.29, 0.717) is 6.04 Å². The lowest BCUT2D eigenvalue weighted by atomic mass is 9.84. The van der Waals surface area contributed by atoms with Crippen molar-refractivity contribution in [2.24, 2.45) is 5.92 Å². The van der Waals surface area contributed by atoms with E-state index in [1.165, 1.54) is 42.1 Å². The summed E-state index contributed by atoms with van der Waals surface area (Å²) in [6, 6.07) is 9.21. The zero-order chi connectivity index (χ0) is 12.1. The van der Waals surface area contributed by atoms with Crippen LogP contribution in [0.4, 0.5) is 0 Å². The highest BCUT2D eigenvalue weighted by Gasteiger charge is 2.19. The number of hydrogen-bond acceptors (Lipinski definition) is 1. The van der Waals surface area contributed by atoms with Gasteiger partial charge >= 0.3 is 0 Å². The van der Waals surface area contributed by atoms with E-state index in [4.69, 9.17) is 0 Å². The number of nitrogens with one attached hydrogen (secondary N) is 1. The van der Waals surface area contributed by atoms with Gasteiger partial charge < -0.3 is 5.32 Å². The highest BCUT2D eigenvalue weighted by atomic mass is 79.9. The standard InChI is InChI=1S/C15H22BrN/c1-12(14-7-3-2-4-8-14)17-11-13-6-5-9-15(16)10-13/h5-6,9-10,12,14,17H,2-4,7-8,11H2,1H3. The maximum atomic E-state index is 3.68. The van der Waals surface area contributed by atoms with Crippen molar-refractivity contribution in [3.05, 3.63) is 34.3 Å². The summed E-state index contributed by atoms with van der Waals surface area (Å²) < 4.78 is 1.17. The predicted octanol–water partition coefficient (Wildman–Crippen LogP) is 4.51. The molecule has 1 nitrogen and oxygen atoms in total. The monoisotopic (exact) mass is 295 g/mol. The van der Waals surface area contributed by atoms with Gasteiger partial charge in [0.05, 0.1) is 0 Å². The topological polar surface area (TPSA) is 12.0 Å². The second-order valence-electron chi connectivity index (χ2n) is 5.20. The van der Waals surface area contributed by atoms with E-state index in [1.807, 2.05) is 0 Å². The van der Waals surface area contributed by atoms with E-state index in [1.54, 1.807) is 0 Å². The van der Waals surface area contributed by atoms with Crippen LogP contribution >= 0.6 is 15.9 Å². The quantitative estimate of drug-likeness (QED) is 0.862. The van der Waals surface area contributed by atoms with Crippen molar-refractivity contribution in [1.29, 1.82) is 0 Å². The van der Waals surface area contributed by atoms with Crippen LogP contribution in [0.15, 0.2) is 28.7 Å². The fourth-order valence-corrected chi connectivity index (χ4v) is 3.17. The zero-order valence-corrected chi connectivity index (χ0v) is 12.2. The molecule has 0 spiro atoms. The SMILES string of the molecule is CC(NCc1cccc(Br)c1)C1CCCCC1. The molecule has 17 heavy (non-hydrogen) atoms. The molecule has 0 aromatic heterocycles. The van der Waals surface area contributed by atoms with Gasteiger partial charge in [-0.25, -0.2) is 0 Å². The maximum absolute atomic E-state index is 3.68. The molecule has 1 fully saturated rings. The Labute approximate surface area is 113 Å². The highest BCUT2D eigenvalue weighted by molar-refractivity contribution is 9.10. The summed E-state index contributed by atoms with van der Waals surface area (Å²) in [6.07, 6.45) is 7.11. The molecular weight excluding hydrogens is 274 g/mol. The lowest BCUT2D eigenvalue weighted by molar-refractivity contribution is 0.280. The third kappa shape index (κ3) is 4.11. The normalized spacial score (nSPS) is 19.2. The minimum absolute atomic E-state index is 0.647. The summed E-state index contributed by atoms with van der Waals surface area (Å²) >= 11 is 3.52. The van der Waals surface area contributed by atoms with E-state index in [9.17, 15) is 0 Å². The second-order valence-corrected chi connectivity index (χ2v) is 6.11. The highest BCUT2D eigenvalue weighted by Crippen LogP contribution is 2.26. The first-order valence-electron chi connectivity index (χ1n) is 6.73. The zero-order valence-electron chi connectivity index (χ0n) is 10.6. The Bertz CT molecular complexity index is 345. The summed E-state index contributed by atoms with van der Waals surface area (Å²) in [6.45, 7) is 3.32. The van der Waals surface area contributed by atoms with Crippen LogP contribution in [0.5, 0.6) is 0 Å². The molecule has 0 saturated heterocycles. The van der Waals surface area contributed by atoms with Gasteiger partial charge in [0.25, 0.3) is 0 Å². The molecule has 0 bridgehead atoms. The molecule has 1 unspecified atom stereocenters. The molecule has 0 radical (unpaired) electrons. The molecule has 1 aliphatic rings. The molecule has 1 aliphatic carbocycles. The summed E-state index contributed by atoms with van der Waals surface area (Å²) in [5, 5.41) is 3.68. The third-order valence-electron chi connectivity index (χ3n) is 3.87. The molecule has 0 heterocycles. The molecule has 1 aromatic carbocycles. The van der Waals surface area contributed by atoms with E-state index in [2.05, 4.69) is 52.4 Å². The summed E-state index contributed by atoms with van der Waals surface area (Å²) in [5.41, 5.74) is 1.36. The minimum atomic E-state index is 0.647. The smallest absolute Gasteiger partial charge is 0.0208 e. The number of benzene rings is 1. The van der Waals surface area contributed by atoms with Crippen LogP contribution in [0, 0.1) is 5.92 Å². The first kappa shape index (κ1) is 13.1. The van der Waals surface area contributed by atoms with Crippen LogP contribution < -0.4 is 5.32 Å². The Morgan fingerprint density at radius 1 is 1.29 bits per heavy atom. The largest absolute Gasteiger partial charge is 0.310 e. The van der Waals surface area contributed by atoms with Gasteiger partial charge in [-0.3, -0.25) is 0 Å². The molecule has 1 saturated carbocycles. The number of rotatable bonds is 4. The first-order valence-corrected chi connectivity index (χ1v) is 7.53. The lowest BCUT2D eigenvalue weighted by Gasteiger charge is -2.28. The van der Waals surface area contributed by atoms with Crippen molar-refractivity contribution < 1.29 is 0 Å². The molecule has 0 aliphatic heterocycles. The Morgan fingerprint density at radius 3 is 2.76 bits per heavy atom. The van der Waals surface area contributed by atoms with E-state index < -0.39 is 0 Å². The van der Waals surface area contributed by atoms with Crippen LogP contribution in [0.2, 0.25) is 0 Å². The van der Waals surface area contributed by atoms with Gasteiger partial charge in [0.1, 0.15) is 0 Å². The van der Waals surface area contributed by atoms with Crippen molar-refractivity contribution in [2.45, 2.75) is 51.6 Å². The van der Waals surface area contributed by atoms with E-state index in [0.717, 1.165) is 12.5 Å². The van der Waals surface area contributed by atoms with E-state index in [-0.39, 0.29) is 0 Å². The van der Waals surface area contributed by atoms with Crippen LogP contribution in [0.25, 0.3) is 0 Å². The molecule has 1 aromatic rings. The summed E-state index contributed by atoms with van der Waals surface area (Å²) in [7, 11) is 0. The van der Waals surface area contributed by atoms with Crippen LogP contribution in [0.1, 0.15) is 44.6 Å². The Hall–Kier alpha value is -0.340. The fourth-order valence-electron chi connectivity index (χ4n) is 2.73. The van der Waals surface area contributed by atoms with Gasteiger partial charge in [0.15, 0.2) is 0 Å². The lowest BCUT2D eigenvalue weighted by Crippen LogP contribution is -2.34. The molecule has 1 N–H and O–H groups in total. The average molecular weight is 296 g/mol. The van der Waals surface area contributed by atoms with Crippen molar-refractivity contribution in [1.82, 2.24) is 5.32 Å². The van der Waals surface area contributed by atoms with Gasteiger partial charge in [0, 0.05) is 17.1 Å². The predicted molar refractivity (Wildman–Crippen MR) is 77.0 cm³/mol. The molecule has 2 heteroatoms. The Balaban J connectivity index is 1.80. The average Bonchev–Trinajstić information content (AvgIpc) is 2.37. The van der Waals surface area contributed by atoms with Gasteiger partial charge in [-0.15, -0.1) is 0 Å².